The minimum absolute atomic E-state index is 0.406. The highest BCUT2D eigenvalue weighted by atomic mass is 19.1. The Morgan fingerprint density at radius 2 is 1.88 bits per heavy atom. The van der Waals surface area contributed by atoms with Crippen molar-refractivity contribution in [1.29, 1.82) is 0 Å². The molecule has 24 heavy (non-hydrogen) atoms. The molecule has 0 radical (unpaired) electrons. The second-order valence-corrected chi connectivity index (χ2v) is 7.04. The van der Waals surface area contributed by atoms with Crippen LogP contribution in [0.1, 0.15) is 39.0 Å². The summed E-state index contributed by atoms with van der Waals surface area (Å²) in [7, 11) is -1.03. The average Bonchev–Trinajstić information content (AvgIpc) is 3.02. The number of aryl methyl sites for hydroxylation is 1. The molecule has 5 nitrogen and oxygen atoms in total. The van der Waals surface area contributed by atoms with Crippen LogP contribution >= 0.6 is 0 Å². The lowest BCUT2D eigenvalue weighted by Gasteiger charge is -2.32. The number of halogens is 1. The molecule has 1 fully saturated rings. The van der Waals surface area contributed by atoms with Crippen LogP contribution in [0.2, 0.25) is 0 Å². The molecule has 2 heterocycles. The van der Waals surface area contributed by atoms with Crippen molar-refractivity contribution in [2.75, 3.05) is 0 Å². The minimum Gasteiger partial charge on any atom is -0.398 e. The number of rotatable bonds is 3. The van der Waals surface area contributed by atoms with Gasteiger partial charge in [0, 0.05) is 0 Å². The normalized spacial score (nSPS) is 19.8. The fourth-order valence-corrected chi connectivity index (χ4v) is 2.40. The SMILES string of the molecule is Cc1cccc(-n2cc(C=C(F)B3OC(C)(C)C(C)(C)O3)nn2)c1. The summed E-state index contributed by atoms with van der Waals surface area (Å²) < 4.78 is 27.5. The molecule has 1 saturated heterocycles. The molecule has 1 aliphatic rings. The van der Waals surface area contributed by atoms with Gasteiger partial charge in [-0.3, -0.25) is 0 Å². The van der Waals surface area contributed by atoms with Gasteiger partial charge in [0.05, 0.1) is 23.1 Å². The summed E-state index contributed by atoms with van der Waals surface area (Å²) in [5.74, 6) is 0. The summed E-state index contributed by atoms with van der Waals surface area (Å²) in [6.07, 6.45) is 2.96. The Bertz CT molecular complexity index is 770. The third kappa shape index (κ3) is 3.14. The van der Waals surface area contributed by atoms with Crippen molar-refractivity contribution in [3.8, 4) is 5.69 Å². The van der Waals surface area contributed by atoms with Gasteiger partial charge in [0.2, 0.25) is 0 Å². The van der Waals surface area contributed by atoms with Crippen LogP contribution in [-0.4, -0.2) is 33.3 Å². The number of aromatic nitrogens is 3. The number of nitrogens with zero attached hydrogens (tertiary/aromatic N) is 3. The lowest BCUT2D eigenvalue weighted by molar-refractivity contribution is 0.00578. The summed E-state index contributed by atoms with van der Waals surface area (Å²) in [6.45, 7) is 9.53. The maximum atomic E-state index is 14.5. The van der Waals surface area contributed by atoms with E-state index in [1.807, 2.05) is 58.9 Å². The van der Waals surface area contributed by atoms with Gasteiger partial charge in [0.25, 0.3) is 0 Å². The van der Waals surface area contributed by atoms with Gasteiger partial charge in [-0.25, -0.2) is 9.07 Å². The second-order valence-electron chi connectivity index (χ2n) is 7.04. The van der Waals surface area contributed by atoms with Gasteiger partial charge in [-0.2, -0.15) is 0 Å². The van der Waals surface area contributed by atoms with Gasteiger partial charge in [0.15, 0.2) is 0 Å². The van der Waals surface area contributed by atoms with Crippen molar-refractivity contribution >= 4 is 13.2 Å². The van der Waals surface area contributed by atoms with E-state index < -0.39 is 24.0 Å². The molecule has 2 aromatic rings. The van der Waals surface area contributed by atoms with Gasteiger partial charge in [-0.15, -0.1) is 5.10 Å². The summed E-state index contributed by atoms with van der Waals surface area (Å²) in [5, 5.41) is 8.03. The van der Waals surface area contributed by atoms with E-state index in [4.69, 9.17) is 9.31 Å². The largest absolute Gasteiger partial charge is 0.525 e. The first kappa shape index (κ1) is 16.9. The standard InChI is InChI=1S/C17H21BFN3O2/c1-12-7-6-8-14(9-12)22-11-13(20-21-22)10-15(19)18-23-16(2,3)17(4,5)24-18/h6-11H,1-5H3. The van der Waals surface area contributed by atoms with Crippen molar-refractivity contribution in [3.63, 3.8) is 0 Å². The Kier molecular flexibility index (Phi) is 4.09. The van der Waals surface area contributed by atoms with E-state index in [9.17, 15) is 4.39 Å². The molecular formula is C17H21BFN3O2. The Morgan fingerprint density at radius 1 is 1.21 bits per heavy atom. The van der Waals surface area contributed by atoms with Crippen LogP contribution in [0.3, 0.4) is 0 Å². The van der Waals surface area contributed by atoms with Crippen LogP contribution < -0.4 is 0 Å². The summed E-state index contributed by atoms with van der Waals surface area (Å²) in [4.78, 5) is 0. The molecule has 0 aliphatic carbocycles. The number of hydrogen-bond acceptors (Lipinski definition) is 4. The average molecular weight is 329 g/mol. The van der Waals surface area contributed by atoms with Crippen LogP contribution in [0, 0.1) is 6.92 Å². The quantitative estimate of drug-likeness (QED) is 0.809. The molecule has 126 valence electrons. The zero-order valence-electron chi connectivity index (χ0n) is 14.6. The first-order chi connectivity index (χ1) is 11.2. The maximum absolute atomic E-state index is 14.5. The summed E-state index contributed by atoms with van der Waals surface area (Å²) in [5.41, 5.74) is 0.708. The predicted octanol–water partition coefficient (Wildman–Crippen LogP) is 3.52. The van der Waals surface area contributed by atoms with Crippen molar-refractivity contribution in [3.05, 3.63) is 47.4 Å². The molecule has 3 rings (SSSR count). The molecule has 1 aromatic carbocycles. The molecule has 0 N–H and O–H groups in total. The highest BCUT2D eigenvalue weighted by Gasteiger charge is 2.53. The Labute approximate surface area is 141 Å². The lowest BCUT2D eigenvalue weighted by Crippen LogP contribution is -2.41. The Balaban J connectivity index is 1.80. The molecule has 0 unspecified atom stereocenters. The molecule has 0 spiro atoms. The molecule has 0 amide bonds. The third-order valence-electron chi connectivity index (χ3n) is 4.54. The molecule has 7 heteroatoms. The lowest BCUT2D eigenvalue weighted by atomic mass is 9.87. The van der Waals surface area contributed by atoms with E-state index in [-0.39, 0.29) is 0 Å². The monoisotopic (exact) mass is 329 g/mol. The summed E-state index contributed by atoms with van der Waals surface area (Å²) >= 11 is 0. The van der Waals surface area contributed by atoms with Crippen LogP contribution in [0.15, 0.2) is 36.2 Å². The fraction of sp³-hybridized carbons (Fsp3) is 0.412. The first-order valence-corrected chi connectivity index (χ1v) is 7.90. The highest BCUT2D eigenvalue weighted by molar-refractivity contribution is 6.54. The zero-order chi connectivity index (χ0) is 17.5. The Hall–Kier alpha value is -1.99. The van der Waals surface area contributed by atoms with E-state index in [0.29, 0.717) is 5.69 Å². The smallest absolute Gasteiger partial charge is 0.398 e. The van der Waals surface area contributed by atoms with Crippen LogP contribution in [0.25, 0.3) is 11.8 Å². The molecule has 0 saturated carbocycles. The molecule has 1 aliphatic heterocycles. The van der Waals surface area contributed by atoms with E-state index in [1.54, 1.807) is 10.9 Å². The molecule has 0 bridgehead atoms. The maximum Gasteiger partial charge on any atom is 0.525 e. The number of benzene rings is 1. The highest BCUT2D eigenvalue weighted by Crippen LogP contribution is 2.38. The van der Waals surface area contributed by atoms with E-state index in [0.717, 1.165) is 11.3 Å². The Morgan fingerprint density at radius 3 is 2.50 bits per heavy atom. The van der Waals surface area contributed by atoms with Crippen molar-refractivity contribution in [2.24, 2.45) is 0 Å². The van der Waals surface area contributed by atoms with E-state index in [1.165, 1.54) is 6.08 Å². The molecule has 1 aromatic heterocycles. The van der Waals surface area contributed by atoms with E-state index in [2.05, 4.69) is 10.3 Å². The van der Waals surface area contributed by atoms with Crippen LogP contribution in [-0.2, 0) is 9.31 Å². The molecular weight excluding hydrogens is 308 g/mol. The van der Waals surface area contributed by atoms with Crippen molar-refractivity contribution in [2.45, 2.75) is 45.8 Å². The van der Waals surface area contributed by atoms with Gasteiger partial charge < -0.3 is 9.31 Å². The summed E-state index contributed by atoms with van der Waals surface area (Å²) in [6, 6.07) is 7.83. The minimum atomic E-state index is -1.03. The van der Waals surface area contributed by atoms with Crippen molar-refractivity contribution < 1.29 is 13.7 Å². The van der Waals surface area contributed by atoms with Crippen LogP contribution in [0.5, 0.6) is 0 Å². The number of hydrogen-bond donors (Lipinski definition) is 0. The van der Waals surface area contributed by atoms with Crippen molar-refractivity contribution in [1.82, 2.24) is 15.0 Å². The topological polar surface area (TPSA) is 49.2 Å². The van der Waals surface area contributed by atoms with Gasteiger partial charge in [-0.1, -0.05) is 17.3 Å². The second kappa shape index (κ2) is 5.83. The molecule has 0 atom stereocenters. The van der Waals surface area contributed by atoms with Gasteiger partial charge in [0.1, 0.15) is 11.4 Å². The van der Waals surface area contributed by atoms with Crippen LogP contribution in [0.4, 0.5) is 4.39 Å². The zero-order valence-corrected chi connectivity index (χ0v) is 14.6. The first-order valence-electron chi connectivity index (χ1n) is 7.90. The fourth-order valence-electron chi connectivity index (χ4n) is 2.40. The third-order valence-corrected chi connectivity index (χ3v) is 4.54. The predicted molar refractivity (Wildman–Crippen MR) is 91.3 cm³/mol. The van der Waals surface area contributed by atoms with E-state index >= 15 is 0 Å². The van der Waals surface area contributed by atoms with Gasteiger partial charge in [-0.05, 0) is 58.4 Å². The van der Waals surface area contributed by atoms with Gasteiger partial charge >= 0.3 is 7.12 Å².